The lowest BCUT2D eigenvalue weighted by Gasteiger charge is -2.08. The number of rotatable bonds is 6. The fourth-order valence-corrected chi connectivity index (χ4v) is 1.45. The average molecular weight is 266 g/mol. The molecule has 0 radical (unpaired) electrons. The number of aromatic hydroxyl groups is 1. The van der Waals surface area contributed by atoms with Gasteiger partial charge in [0.25, 0.3) is 0 Å². The number of phenols is 1. The quantitative estimate of drug-likeness (QED) is 0.486. The van der Waals surface area contributed by atoms with Crippen LogP contribution in [0.3, 0.4) is 0 Å². The van der Waals surface area contributed by atoms with Gasteiger partial charge in [0.1, 0.15) is 0 Å². The van der Waals surface area contributed by atoms with Crippen molar-refractivity contribution < 1.29 is 24.1 Å². The maximum atomic E-state index is 11.7. The van der Waals surface area contributed by atoms with Crippen molar-refractivity contribution in [1.82, 2.24) is 0 Å². The van der Waals surface area contributed by atoms with E-state index >= 15 is 0 Å². The van der Waals surface area contributed by atoms with E-state index in [1.54, 1.807) is 32.1 Å². The first-order valence-corrected chi connectivity index (χ1v) is 6.01. The molecule has 1 N–H and O–H groups in total. The van der Waals surface area contributed by atoms with Crippen molar-refractivity contribution in [3.63, 3.8) is 0 Å². The largest absolute Gasteiger partial charge is 0.504 e. The monoisotopic (exact) mass is 266 g/mol. The molecular weight excluding hydrogens is 248 g/mol. The molecule has 0 saturated heterocycles. The van der Waals surface area contributed by atoms with E-state index in [0.717, 1.165) is 0 Å². The third-order valence-corrected chi connectivity index (χ3v) is 2.28. The predicted octanol–water partition coefficient (Wildman–Crippen LogP) is 2.34. The Morgan fingerprint density at radius 3 is 2.53 bits per heavy atom. The summed E-state index contributed by atoms with van der Waals surface area (Å²) in [5.74, 6) is -0.0318. The molecule has 0 atom stereocenters. The molecule has 0 aliphatic carbocycles. The van der Waals surface area contributed by atoms with Gasteiger partial charge in [0, 0.05) is 0 Å². The molecule has 0 bridgehead atoms. The van der Waals surface area contributed by atoms with Crippen LogP contribution in [-0.4, -0.2) is 31.4 Å². The van der Waals surface area contributed by atoms with Crippen LogP contribution in [0.25, 0.3) is 6.08 Å². The van der Waals surface area contributed by atoms with E-state index < -0.39 is 5.97 Å². The summed E-state index contributed by atoms with van der Waals surface area (Å²) in [6.07, 6.45) is 1.55. The molecule has 0 aliphatic rings. The molecule has 0 saturated carbocycles. The SMILES string of the molecule is CCOC(=O)/C(=C/c1ccc(O)c(OC)c1)OCC. The van der Waals surface area contributed by atoms with Gasteiger partial charge in [-0.2, -0.15) is 0 Å². The van der Waals surface area contributed by atoms with E-state index in [0.29, 0.717) is 17.9 Å². The summed E-state index contributed by atoms with van der Waals surface area (Å²) >= 11 is 0. The number of carbonyl (C=O) groups excluding carboxylic acids is 1. The molecule has 0 fully saturated rings. The normalized spacial score (nSPS) is 11.0. The van der Waals surface area contributed by atoms with Gasteiger partial charge in [-0.05, 0) is 37.6 Å². The zero-order valence-electron chi connectivity index (χ0n) is 11.3. The summed E-state index contributed by atoms with van der Waals surface area (Å²) < 4.78 is 15.1. The highest BCUT2D eigenvalue weighted by Gasteiger charge is 2.12. The van der Waals surface area contributed by atoms with Crippen LogP contribution in [0.1, 0.15) is 19.4 Å². The Labute approximate surface area is 112 Å². The van der Waals surface area contributed by atoms with Crippen LogP contribution in [0.4, 0.5) is 0 Å². The minimum absolute atomic E-state index is 0.0359. The summed E-state index contributed by atoms with van der Waals surface area (Å²) in [6, 6.07) is 4.74. The molecule has 0 aromatic heterocycles. The number of methoxy groups -OCH3 is 1. The van der Waals surface area contributed by atoms with Gasteiger partial charge in [-0.1, -0.05) is 6.07 Å². The second-order valence-corrected chi connectivity index (χ2v) is 3.59. The van der Waals surface area contributed by atoms with Crippen LogP contribution in [0.15, 0.2) is 24.0 Å². The summed E-state index contributed by atoms with van der Waals surface area (Å²) in [7, 11) is 1.46. The van der Waals surface area contributed by atoms with Gasteiger partial charge in [0.2, 0.25) is 5.76 Å². The molecule has 5 heteroatoms. The Morgan fingerprint density at radius 1 is 1.26 bits per heavy atom. The third kappa shape index (κ3) is 4.21. The van der Waals surface area contributed by atoms with Crippen molar-refractivity contribution in [2.45, 2.75) is 13.8 Å². The van der Waals surface area contributed by atoms with E-state index in [4.69, 9.17) is 14.2 Å². The highest BCUT2D eigenvalue weighted by Crippen LogP contribution is 2.27. The van der Waals surface area contributed by atoms with Gasteiger partial charge in [-0.25, -0.2) is 4.79 Å². The first-order chi connectivity index (χ1) is 9.12. The number of benzene rings is 1. The fraction of sp³-hybridized carbons (Fsp3) is 0.357. The molecule has 0 heterocycles. The summed E-state index contributed by atoms with van der Waals surface area (Å²) in [5, 5.41) is 9.50. The second kappa shape index (κ2) is 7.31. The van der Waals surface area contributed by atoms with Gasteiger partial charge in [0.15, 0.2) is 11.5 Å². The molecule has 0 amide bonds. The Hall–Kier alpha value is -2.17. The van der Waals surface area contributed by atoms with Crippen LogP contribution in [0.5, 0.6) is 11.5 Å². The maximum Gasteiger partial charge on any atom is 0.373 e. The van der Waals surface area contributed by atoms with Gasteiger partial charge < -0.3 is 19.3 Å². The topological polar surface area (TPSA) is 65.0 Å². The minimum atomic E-state index is -0.517. The zero-order chi connectivity index (χ0) is 14.3. The van der Waals surface area contributed by atoms with Crippen molar-refractivity contribution in [2.24, 2.45) is 0 Å². The minimum Gasteiger partial charge on any atom is -0.504 e. The van der Waals surface area contributed by atoms with Crippen LogP contribution < -0.4 is 4.74 Å². The number of hydrogen-bond acceptors (Lipinski definition) is 5. The van der Waals surface area contributed by atoms with Crippen molar-refractivity contribution >= 4 is 12.0 Å². The van der Waals surface area contributed by atoms with E-state index in [1.165, 1.54) is 13.2 Å². The van der Waals surface area contributed by atoms with E-state index in [2.05, 4.69) is 0 Å². The molecule has 1 aromatic carbocycles. The number of ether oxygens (including phenoxy) is 3. The number of phenolic OH excluding ortho intramolecular Hbond substituents is 1. The molecule has 1 aromatic rings. The van der Waals surface area contributed by atoms with Crippen LogP contribution >= 0.6 is 0 Å². The van der Waals surface area contributed by atoms with Gasteiger partial charge >= 0.3 is 5.97 Å². The zero-order valence-corrected chi connectivity index (χ0v) is 11.3. The molecule has 5 nitrogen and oxygen atoms in total. The smallest absolute Gasteiger partial charge is 0.373 e. The molecule has 104 valence electrons. The Bertz CT molecular complexity index is 465. The predicted molar refractivity (Wildman–Crippen MR) is 70.9 cm³/mol. The first-order valence-electron chi connectivity index (χ1n) is 6.01. The lowest BCUT2D eigenvalue weighted by molar-refractivity contribution is -0.142. The highest BCUT2D eigenvalue weighted by molar-refractivity contribution is 5.91. The summed E-state index contributed by atoms with van der Waals surface area (Å²) in [6.45, 7) is 4.15. The third-order valence-electron chi connectivity index (χ3n) is 2.28. The van der Waals surface area contributed by atoms with Gasteiger partial charge in [-0.15, -0.1) is 0 Å². The Kier molecular flexibility index (Phi) is 5.73. The Morgan fingerprint density at radius 2 is 1.95 bits per heavy atom. The van der Waals surface area contributed by atoms with Crippen molar-refractivity contribution in [3.05, 3.63) is 29.5 Å². The number of carbonyl (C=O) groups is 1. The molecule has 0 aliphatic heterocycles. The molecular formula is C14H18O5. The van der Waals surface area contributed by atoms with Crippen molar-refractivity contribution in [2.75, 3.05) is 20.3 Å². The molecule has 19 heavy (non-hydrogen) atoms. The number of hydrogen-bond donors (Lipinski definition) is 1. The average Bonchev–Trinajstić information content (AvgIpc) is 2.40. The van der Waals surface area contributed by atoms with Gasteiger partial charge in [-0.3, -0.25) is 0 Å². The van der Waals surface area contributed by atoms with Crippen LogP contribution in [0.2, 0.25) is 0 Å². The van der Waals surface area contributed by atoms with Gasteiger partial charge in [0.05, 0.1) is 20.3 Å². The second-order valence-electron chi connectivity index (χ2n) is 3.59. The van der Waals surface area contributed by atoms with E-state index in [1.807, 2.05) is 0 Å². The first kappa shape index (κ1) is 14.9. The molecule has 0 spiro atoms. The summed E-state index contributed by atoms with van der Waals surface area (Å²) in [4.78, 5) is 11.7. The lowest BCUT2D eigenvalue weighted by atomic mass is 10.2. The summed E-state index contributed by atoms with van der Waals surface area (Å²) in [5.41, 5.74) is 0.672. The lowest BCUT2D eigenvalue weighted by Crippen LogP contribution is -2.10. The number of esters is 1. The standard InChI is InChI=1S/C14H18O5/c1-4-18-13(14(16)19-5-2)9-10-6-7-11(15)12(8-10)17-3/h6-9,15H,4-5H2,1-3H3/b13-9-. The van der Waals surface area contributed by atoms with Crippen LogP contribution in [0, 0.1) is 0 Å². The molecule has 0 unspecified atom stereocenters. The van der Waals surface area contributed by atoms with E-state index in [-0.39, 0.29) is 18.1 Å². The Balaban J connectivity index is 3.04. The van der Waals surface area contributed by atoms with E-state index in [9.17, 15) is 9.90 Å². The van der Waals surface area contributed by atoms with Crippen molar-refractivity contribution in [1.29, 1.82) is 0 Å². The van der Waals surface area contributed by atoms with Crippen molar-refractivity contribution in [3.8, 4) is 11.5 Å². The maximum absolute atomic E-state index is 11.7. The molecule has 1 rings (SSSR count). The van der Waals surface area contributed by atoms with Crippen LogP contribution in [-0.2, 0) is 14.3 Å². The highest BCUT2D eigenvalue weighted by atomic mass is 16.6. The fourth-order valence-electron chi connectivity index (χ4n) is 1.45.